The Morgan fingerprint density at radius 2 is 1.73 bits per heavy atom. The number of hydrogen-bond acceptors (Lipinski definition) is 4. The van der Waals surface area contributed by atoms with Gasteiger partial charge >= 0.3 is 0 Å². The van der Waals surface area contributed by atoms with E-state index in [1.807, 2.05) is 0 Å². The van der Waals surface area contributed by atoms with Crippen molar-refractivity contribution < 1.29 is 18.9 Å². The van der Waals surface area contributed by atoms with E-state index in [1.165, 1.54) is 7.11 Å². The number of benzene rings is 1. The van der Waals surface area contributed by atoms with E-state index in [9.17, 15) is 0 Å². The smallest absolute Gasteiger partial charge is 0.188 e. The van der Waals surface area contributed by atoms with Crippen molar-refractivity contribution in [2.45, 2.75) is 0 Å². The molecule has 1 rings (SSSR count). The standard InChI is InChI=1S/C10H13ClO4/c1-12-6-14-9-5-3-4-8(11)10(9)15-7-13-2/h3-5H,6-7H2,1-2H3. The molecule has 1 aromatic carbocycles. The van der Waals surface area contributed by atoms with Crippen LogP contribution >= 0.6 is 11.6 Å². The summed E-state index contributed by atoms with van der Waals surface area (Å²) in [6, 6.07) is 5.23. The lowest BCUT2D eigenvalue weighted by molar-refractivity contribution is 0.0323. The minimum atomic E-state index is 0.118. The summed E-state index contributed by atoms with van der Waals surface area (Å²) in [7, 11) is 3.08. The first-order chi connectivity index (χ1) is 7.29. The highest BCUT2D eigenvalue weighted by atomic mass is 35.5. The molecule has 0 aliphatic carbocycles. The molecule has 0 aliphatic heterocycles. The van der Waals surface area contributed by atoms with Crippen molar-refractivity contribution in [1.29, 1.82) is 0 Å². The van der Waals surface area contributed by atoms with Crippen LogP contribution in [0.1, 0.15) is 0 Å². The van der Waals surface area contributed by atoms with Gasteiger partial charge in [-0.2, -0.15) is 0 Å². The van der Waals surface area contributed by atoms with Crippen LogP contribution in [0.5, 0.6) is 11.5 Å². The molecule has 0 atom stereocenters. The molecular formula is C10H13ClO4. The highest BCUT2D eigenvalue weighted by Gasteiger charge is 2.09. The lowest BCUT2D eigenvalue weighted by Gasteiger charge is -2.12. The van der Waals surface area contributed by atoms with Crippen molar-refractivity contribution in [2.75, 3.05) is 27.8 Å². The first-order valence-electron chi connectivity index (χ1n) is 4.31. The van der Waals surface area contributed by atoms with E-state index >= 15 is 0 Å². The summed E-state index contributed by atoms with van der Waals surface area (Å²) in [6.45, 7) is 0.261. The lowest BCUT2D eigenvalue weighted by Crippen LogP contribution is -2.04. The summed E-state index contributed by atoms with van der Waals surface area (Å²) in [5.41, 5.74) is 0. The minimum absolute atomic E-state index is 0.118. The van der Waals surface area contributed by atoms with Crippen LogP contribution in [-0.2, 0) is 9.47 Å². The van der Waals surface area contributed by atoms with Gasteiger partial charge in [-0.15, -0.1) is 0 Å². The number of ether oxygens (including phenoxy) is 4. The summed E-state index contributed by atoms with van der Waals surface area (Å²) in [5.74, 6) is 0.986. The van der Waals surface area contributed by atoms with Gasteiger partial charge in [-0.05, 0) is 12.1 Å². The predicted octanol–water partition coefficient (Wildman–Crippen LogP) is 2.31. The second-order valence-electron chi connectivity index (χ2n) is 2.67. The van der Waals surface area contributed by atoms with Gasteiger partial charge in [-0.1, -0.05) is 17.7 Å². The van der Waals surface area contributed by atoms with Crippen LogP contribution in [-0.4, -0.2) is 27.8 Å². The van der Waals surface area contributed by atoms with Gasteiger partial charge in [0.05, 0.1) is 5.02 Å². The maximum Gasteiger partial charge on any atom is 0.188 e. The summed E-state index contributed by atoms with van der Waals surface area (Å²) in [5, 5.41) is 0.473. The maximum atomic E-state index is 5.94. The van der Waals surface area contributed by atoms with Crippen LogP contribution < -0.4 is 9.47 Å². The van der Waals surface area contributed by atoms with E-state index in [4.69, 9.17) is 30.5 Å². The van der Waals surface area contributed by atoms with E-state index in [0.29, 0.717) is 16.5 Å². The maximum absolute atomic E-state index is 5.94. The van der Waals surface area contributed by atoms with Crippen LogP contribution in [0.25, 0.3) is 0 Å². The Kier molecular flexibility index (Phi) is 5.25. The van der Waals surface area contributed by atoms with Gasteiger partial charge in [0.15, 0.2) is 25.1 Å². The number of para-hydroxylation sites is 1. The number of methoxy groups -OCH3 is 2. The molecule has 0 saturated heterocycles. The normalized spacial score (nSPS) is 10.1. The van der Waals surface area contributed by atoms with E-state index in [0.717, 1.165) is 0 Å². The van der Waals surface area contributed by atoms with Gasteiger partial charge in [0, 0.05) is 14.2 Å². The second kappa shape index (κ2) is 6.50. The van der Waals surface area contributed by atoms with Gasteiger partial charge in [0.25, 0.3) is 0 Å². The molecule has 0 heterocycles. The van der Waals surface area contributed by atoms with Crippen molar-refractivity contribution in [3.63, 3.8) is 0 Å². The second-order valence-corrected chi connectivity index (χ2v) is 3.08. The molecule has 0 fully saturated rings. The van der Waals surface area contributed by atoms with E-state index in [2.05, 4.69) is 0 Å². The summed E-state index contributed by atoms with van der Waals surface area (Å²) >= 11 is 5.94. The Labute approximate surface area is 93.6 Å². The molecule has 4 nitrogen and oxygen atoms in total. The highest BCUT2D eigenvalue weighted by molar-refractivity contribution is 6.32. The quantitative estimate of drug-likeness (QED) is 0.706. The molecular weight excluding hydrogens is 220 g/mol. The van der Waals surface area contributed by atoms with Crippen LogP contribution in [0.15, 0.2) is 18.2 Å². The third-order valence-electron chi connectivity index (χ3n) is 1.58. The van der Waals surface area contributed by atoms with Crippen LogP contribution in [0.3, 0.4) is 0 Å². The van der Waals surface area contributed by atoms with Crippen LogP contribution in [0, 0.1) is 0 Å². The van der Waals surface area contributed by atoms with Gasteiger partial charge in [-0.25, -0.2) is 0 Å². The topological polar surface area (TPSA) is 36.9 Å². The van der Waals surface area contributed by atoms with Gasteiger partial charge < -0.3 is 18.9 Å². The molecule has 0 N–H and O–H groups in total. The average Bonchev–Trinajstić information content (AvgIpc) is 2.25. The Morgan fingerprint density at radius 1 is 1.07 bits per heavy atom. The Hall–Kier alpha value is -0.970. The zero-order chi connectivity index (χ0) is 11.1. The van der Waals surface area contributed by atoms with Crippen molar-refractivity contribution >= 4 is 11.6 Å². The van der Waals surface area contributed by atoms with Gasteiger partial charge in [-0.3, -0.25) is 0 Å². The summed E-state index contributed by atoms with van der Waals surface area (Å²) in [6.07, 6.45) is 0. The van der Waals surface area contributed by atoms with Gasteiger partial charge in [0.2, 0.25) is 0 Å². The molecule has 0 radical (unpaired) electrons. The molecule has 0 aromatic heterocycles. The lowest BCUT2D eigenvalue weighted by atomic mass is 10.3. The van der Waals surface area contributed by atoms with E-state index in [-0.39, 0.29) is 13.6 Å². The fourth-order valence-electron chi connectivity index (χ4n) is 0.983. The first kappa shape index (κ1) is 12.1. The monoisotopic (exact) mass is 232 g/mol. The zero-order valence-electron chi connectivity index (χ0n) is 8.66. The fourth-order valence-corrected chi connectivity index (χ4v) is 1.20. The molecule has 0 aliphatic rings. The van der Waals surface area contributed by atoms with E-state index in [1.54, 1.807) is 25.3 Å². The third kappa shape index (κ3) is 3.58. The van der Waals surface area contributed by atoms with E-state index < -0.39 is 0 Å². The molecule has 5 heteroatoms. The average molecular weight is 233 g/mol. The Morgan fingerprint density at radius 3 is 2.40 bits per heavy atom. The van der Waals surface area contributed by atoms with Crippen molar-refractivity contribution in [2.24, 2.45) is 0 Å². The van der Waals surface area contributed by atoms with Crippen molar-refractivity contribution in [3.8, 4) is 11.5 Å². The summed E-state index contributed by atoms with van der Waals surface area (Å²) in [4.78, 5) is 0. The Bertz CT molecular complexity index is 303. The SMILES string of the molecule is COCOc1cccc(Cl)c1OCOC. The zero-order valence-corrected chi connectivity index (χ0v) is 9.41. The van der Waals surface area contributed by atoms with Crippen molar-refractivity contribution in [1.82, 2.24) is 0 Å². The number of hydrogen-bond donors (Lipinski definition) is 0. The van der Waals surface area contributed by atoms with Crippen LogP contribution in [0.4, 0.5) is 0 Å². The predicted molar refractivity (Wildman–Crippen MR) is 56.5 cm³/mol. The number of rotatable bonds is 6. The molecule has 0 saturated carbocycles. The third-order valence-corrected chi connectivity index (χ3v) is 1.88. The number of halogens is 1. The highest BCUT2D eigenvalue weighted by Crippen LogP contribution is 2.34. The minimum Gasteiger partial charge on any atom is -0.464 e. The molecule has 1 aromatic rings. The Balaban J connectivity index is 2.77. The molecule has 0 spiro atoms. The largest absolute Gasteiger partial charge is 0.464 e. The molecule has 0 amide bonds. The molecule has 15 heavy (non-hydrogen) atoms. The van der Waals surface area contributed by atoms with Crippen LogP contribution in [0.2, 0.25) is 5.02 Å². The molecule has 0 bridgehead atoms. The molecule has 0 unspecified atom stereocenters. The first-order valence-corrected chi connectivity index (χ1v) is 4.69. The van der Waals surface area contributed by atoms with Gasteiger partial charge in [0.1, 0.15) is 0 Å². The van der Waals surface area contributed by atoms with Crippen molar-refractivity contribution in [3.05, 3.63) is 23.2 Å². The fraction of sp³-hybridized carbons (Fsp3) is 0.400. The summed E-state index contributed by atoms with van der Waals surface area (Å²) < 4.78 is 20.1. The molecule has 84 valence electrons.